The van der Waals surface area contributed by atoms with Crippen molar-refractivity contribution in [3.63, 3.8) is 0 Å². The Morgan fingerprint density at radius 3 is 1.95 bits per heavy atom. The molecule has 0 atom stereocenters. The molecule has 2 heterocycles. The molecule has 0 saturated carbocycles. The first-order valence-corrected chi connectivity index (χ1v) is 20.4. The number of phenols is 1. The van der Waals surface area contributed by atoms with Crippen molar-refractivity contribution in [2.75, 3.05) is 0 Å². The summed E-state index contributed by atoms with van der Waals surface area (Å²) < 4.78 is 25.6. The van der Waals surface area contributed by atoms with Gasteiger partial charge in [0, 0.05) is 42.8 Å². The van der Waals surface area contributed by atoms with E-state index in [2.05, 4.69) is 146 Å². The number of aromatic nitrogens is 3. The van der Waals surface area contributed by atoms with E-state index in [-0.39, 0.29) is 43.1 Å². The zero-order valence-corrected chi connectivity index (χ0v) is 38.2. The molecule has 0 fully saturated rings. The second-order valence-corrected chi connectivity index (χ2v) is 18.7. The third-order valence-electron chi connectivity index (χ3n) is 11.2. The van der Waals surface area contributed by atoms with Gasteiger partial charge in [0.2, 0.25) is 0 Å². The number of aryl methyl sites for hydroxylation is 1. The van der Waals surface area contributed by atoms with E-state index < -0.39 is 6.85 Å². The number of pyridine rings is 1. The van der Waals surface area contributed by atoms with Crippen molar-refractivity contribution < 1.29 is 30.3 Å². The van der Waals surface area contributed by atoms with Gasteiger partial charge >= 0.3 is 0 Å². The number of benzene rings is 6. The van der Waals surface area contributed by atoms with E-state index >= 15 is 0 Å². The molecule has 2 aromatic heterocycles. The molecule has 5 heteroatoms. The van der Waals surface area contributed by atoms with Crippen molar-refractivity contribution in [3.05, 3.63) is 168 Å². The monoisotopic (exact) mass is 970 g/mol. The number of hydrogen-bond acceptors (Lipinski definition) is 3. The number of nitrogens with zero attached hydrogens (tertiary/aromatic N) is 3. The second kappa shape index (κ2) is 16.1. The van der Waals surface area contributed by atoms with Crippen LogP contribution in [0.1, 0.15) is 88.7 Å². The maximum absolute atomic E-state index is 12.1. The molecule has 6 aromatic carbocycles. The quantitative estimate of drug-likeness (QED) is 0.169. The van der Waals surface area contributed by atoms with E-state index in [4.69, 9.17) is 14.1 Å². The van der Waals surface area contributed by atoms with Gasteiger partial charge in [-0.15, -0.1) is 29.3 Å². The molecule has 60 heavy (non-hydrogen) atoms. The topological polar surface area (TPSA) is 50.9 Å². The molecule has 306 valence electrons. The van der Waals surface area contributed by atoms with Crippen molar-refractivity contribution in [2.24, 2.45) is 0 Å². The smallest absolute Gasteiger partial charge is 0.148 e. The zero-order chi connectivity index (χ0) is 44.4. The van der Waals surface area contributed by atoms with E-state index in [1.54, 1.807) is 18.3 Å². The predicted molar refractivity (Wildman–Crippen MR) is 247 cm³/mol. The Morgan fingerprint density at radius 1 is 0.583 bits per heavy atom. The maximum atomic E-state index is 12.1. The summed E-state index contributed by atoms with van der Waals surface area (Å²) in [6.45, 7) is 17.5. The molecule has 8 aromatic rings. The summed E-state index contributed by atoms with van der Waals surface area (Å²) in [5.41, 5.74) is 13.7. The van der Waals surface area contributed by atoms with Crippen LogP contribution in [0.25, 0.3) is 72.7 Å². The summed E-state index contributed by atoms with van der Waals surface area (Å²) in [5.74, 6) is 0.868. The van der Waals surface area contributed by atoms with Gasteiger partial charge in [0.15, 0.2) is 0 Å². The van der Waals surface area contributed by atoms with Crippen LogP contribution >= 0.6 is 0 Å². The fourth-order valence-corrected chi connectivity index (χ4v) is 7.96. The average molecular weight is 971 g/mol. The van der Waals surface area contributed by atoms with Crippen LogP contribution in [0, 0.1) is 12.9 Å². The molecule has 1 N–H and O–H groups in total. The van der Waals surface area contributed by atoms with Crippen LogP contribution < -0.4 is 0 Å². The minimum absolute atomic E-state index is 0. The fourth-order valence-electron chi connectivity index (χ4n) is 7.96. The van der Waals surface area contributed by atoms with Gasteiger partial charge in [0.05, 0.1) is 16.6 Å². The van der Waals surface area contributed by atoms with Crippen LogP contribution in [0.2, 0.25) is 0 Å². The summed E-state index contributed by atoms with van der Waals surface area (Å²) in [4.78, 5) is 10.3. The average Bonchev–Trinajstić information content (AvgIpc) is 3.62. The summed E-state index contributed by atoms with van der Waals surface area (Å²) in [6.07, 6.45) is 1.79. The molecule has 0 aliphatic rings. The molecule has 4 nitrogen and oxygen atoms in total. The number of rotatable bonds is 6. The number of imidazole rings is 1. The van der Waals surface area contributed by atoms with E-state index in [0.29, 0.717) is 17.0 Å². The summed E-state index contributed by atoms with van der Waals surface area (Å²) in [5, 5.41) is 12.1. The first-order valence-electron chi connectivity index (χ1n) is 21.9. The van der Waals surface area contributed by atoms with Crippen LogP contribution in [0.4, 0.5) is 0 Å². The van der Waals surface area contributed by atoms with Crippen molar-refractivity contribution in [1.29, 1.82) is 0 Å². The fraction of sp³-hybridized carbons (Fsp3) is 0.236. The molecular formula is C55H54N3OPt-. The third-order valence-corrected chi connectivity index (χ3v) is 11.2. The normalized spacial score (nSPS) is 13.1. The number of fused-ring (bicyclic) bond motifs is 1. The first kappa shape index (κ1) is 38.6. The molecule has 0 aliphatic carbocycles. The summed E-state index contributed by atoms with van der Waals surface area (Å²) in [7, 11) is 0. The van der Waals surface area contributed by atoms with Crippen LogP contribution in [0.5, 0.6) is 5.75 Å². The van der Waals surface area contributed by atoms with Gasteiger partial charge in [-0.2, -0.15) is 0 Å². The molecule has 0 aliphatic heterocycles. The van der Waals surface area contributed by atoms with Gasteiger partial charge in [-0.25, -0.2) is 4.98 Å². The Balaban J connectivity index is 0.00000595. The second-order valence-electron chi connectivity index (χ2n) is 18.7. The number of aromatic hydroxyl groups is 1. The Morgan fingerprint density at radius 2 is 1.27 bits per heavy atom. The van der Waals surface area contributed by atoms with Gasteiger partial charge < -0.3 is 5.11 Å². The minimum Gasteiger partial charge on any atom is -0.507 e. The largest absolute Gasteiger partial charge is 0.507 e. The zero-order valence-electron chi connectivity index (χ0n) is 38.9. The molecule has 0 bridgehead atoms. The van der Waals surface area contributed by atoms with Crippen molar-refractivity contribution >= 4 is 11.0 Å². The van der Waals surface area contributed by atoms with Crippen LogP contribution in [0.15, 0.2) is 140 Å². The van der Waals surface area contributed by atoms with Crippen LogP contribution in [-0.4, -0.2) is 19.6 Å². The van der Waals surface area contributed by atoms with Crippen molar-refractivity contribution in [3.8, 4) is 67.5 Å². The minimum atomic E-state index is -2.17. The van der Waals surface area contributed by atoms with Crippen LogP contribution in [0.3, 0.4) is 0 Å². The Labute approximate surface area is 374 Å². The van der Waals surface area contributed by atoms with Gasteiger partial charge in [-0.1, -0.05) is 170 Å². The van der Waals surface area contributed by atoms with Crippen LogP contribution in [-0.2, 0) is 37.3 Å². The third kappa shape index (κ3) is 8.28. The summed E-state index contributed by atoms with van der Waals surface area (Å²) >= 11 is 0. The van der Waals surface area contributed by atoms with E-state index in [1.165, 1.54) is 11.1 Å². The molecule has 0 saturated heterocycles. The van der Waals surface area contributed by atoms with E-state index in [1.807, 2.05) is 48.5 Å². The van der Waals surface area contributed by atoms with Crippen molar-refractivity contribution in [2.45, 2.75) is 85.4 Å². The van der Waals surface area contributed by atoms with Crippen molar-refractivity contribution in [1.82, 2.24) is 14.5 Å². The van der Waals surface area contributed by atoms with Gasteiger partial charge in [-0.3, -0.25) is 9.55 Å². The number of hydrogen-bond donors (Lipinski definition) is 1. The summed E-state index contributed by atoms with van der Waals surface area (Å²) in [6, 6.07) is 48.6. The molecule has 0 amide bonds. The molecule has 0 unspecified atom stereocenters. The maximum Gasteiger partial charge on any atom is 0.148 e. The SMILES string of the molecule is [2H]C([2H])([2H])c1ccc(-c2ccnc(-c3[c-]c(-c4cccc5c4nc(-c4cccc(C(C)(C)C)c4O)n5-c4ccc(-c5ccccc5)c(C(C)(C)C)c4)cc(C(C)(C)C)c3)c2)cc1.[Pt]. The molecule has 0 spiro atoms. The molecule has 8 rings (SSSR count). The molecule has 0 radical (unpaired) electrons. The number of phenolic OH excluding ortho intramolecular Hbond substituents is 1. The van der Waals surface area contributed by atoms with Gasteiger partial charge in [0.1, 0.15) is 11.6 Å². The Hall–Kier alpha value is -5.57. The number of para-hydroxylation sites is 2. The molecular weight excluding hydrogens is 914 g/mol. The van der Waals surface area contributed by atoms with Gasteiger partial charge in [-0.05, 0) is 86.8 Å². The Kier molecular flexibility index (Phi) is 10.4. The standard InChI is InChI=1S/C55H54N3O.Pt/c1-35-22-24-36(25-23-35)38-28-29-56-48(33-38)40-30-39(31-41(32-40)53(2,3)4)44-18-15-21-49-50(44)57-52(45-19-14-20-46(51(45)59)54(5,6)7)58(49)42-26-27-43(37-16-12-11-13-17-37)47(34-42)55(8,9)10;/h11-29,31-34,59H,1-10H3;/q-1;/i1D3;. The predicted octanol–water partition coefficient (Wildman–Crippen LogP) is 14.5. The Bertz CT molecular complexity index is 2950. The first-order chi connectivity index (χ1) is 29.2. The van der Waals surface area contributed by atoms with E-state index in [9.17, 15) is 5.11 Å². The van der Waals surface area contributed by atoms with E-state index in [0.717, 1.165) is 66.9 Å². The van der Waals surface area contributed by atoms with Gasteiger partial charge in [0.25, 0.3) is 0 Å².